The van der Waals surface area contributed by atoms with Crippen LogP contribution in [0.1, 0.15) is 37.6 Å². The Bertz CT molecular complexity index is 537. The van der Waals surface area contributed by atoms with Gasteiger partial charge in [0.05, 0.1) is 19.1 Å². The molecule has 0 fully saturated rings. The summed E-state index contributed by atoms with van der Waals surface area (Å²) in [6.07, 6.45) is -0.148. The number of carbonyl (C=O) groups excluding carboxylic acids is 1. The predicted molar refractivity (Wildman–Crippen MR) is 81.0 cm³/mol. The van der Waals surface area contributed by atoms with E-state index >= 15 is 0 Å². The van der Waals surface area contributed by atoms with Crippen LogP contribution in [-0.2, 0) is 4.79 Å². The van der Waals surface area contributed by atoms with E-state index in [2.05, 4.69) is 5.32 Å². The molecule has 0 bridgehead atoms. The zero-order valence-corrected chi connectivity index (χ0v) is 13.3. The second kappa shape index (κ2) is 6.80. The van der Waals surface area contributed by atoms with Crippen LogP contribution in [-0.4, -0.2) is 30.1 Å². The van der Waals surface area contributed by atoms with Crippen LogP contribution in [0.2, 0.25) is 5.02 Å². The molecule has 0 saturated carbocycles. The minimum atomic E-state index is -0.960. The number of ether oxygens (including phenoxy) is 1. The second-order valence-corrected chi connectivity index (χ2v) is 6.27. The number of aliphatic carboxylic acids is 1. The number of benzene rings is 1. The number of carboxylic acid groups (broad SMARTS) is 1. The number of halogens is 1. The summed E-state index contributed by atoms with van der Waals surface area (Å²) in [7, 11) is 1.45. The van der Waals surface area contributed by atoms with Gasteiger partial charge in [0, 0.05) is 11.1 Å². The largest absolute Gasteiger partial charge is 0.496 e. The Kier molecular flexibility index (Phi) is 5.61. The number of carbonyl (C=O) groups is 2. The van der Waals surface area contributed by atoms with Gasteiger partial charge in [-0.1, -0.05) is 32.4 Å². The number of amides is 1. The van der Waals surface area contributed by atoms with Gasteiger partial charge in [0.1, 0.15) is 5.75 Å². The standard InChI is InChI=1S/C15H20ClNO4/c1-15(2,3)12(8-13(18)19)17-14(20)10-6-5-9(16)7-11(10)21-4/h5-7,12H,8H2,1-4H3,(H,17,20)(H,18,19). The summed E-state index contributed by atoms with van der Waals surface area (Å²) in [6, 6.07) is 4.18. The van der Waals surface area contributed by atoms with Crippen LogP contribution in [0.25, 0.3) is 0 Å². The van der Waals surface area contributed by atoms with Crippen LogP contribution >= 0.6 is 11.6 Å². The van der Waals surface area contributed by atoms with Gasteiger partial charge in [-0.25, -0.2) is 0 Å². The molecule has 0 spiro atoms. The van der Waals surface area contributed by atoms with Gasteiger partial charge in [-0.2, -0.15) is 0 Å². The maximum Gasteiger partial charge on any atom is 0.305 e. The maximum absolute atomic E-state index is 12.3. The Morgan fingerprint density at radius 3 is 2.48 bits per heavy atom. The lowest BCUT2D eigenvalue weighted by Gasteiger charge is -2.30. The summed E-state index contributed by atoms with van der Waals surface area (Å²) < 4.78 is 5.13. The molecule has 0 saturated heterocycles. The number of carboxylic acids is 1. The van der Waals surface area contributed by atoms with E-state index in [9.17, 15) is 9.59 Å². The van der Waals surface area contributed by atoms with E-state index in [0.717, 1.165) is 0 Å². The van der Waals surface area contributed by atoms with Crippen molar-refractivity contribution in [1.29, 1.82) is 0 Å². The van der Waals surface area contributed by atoms with Crippen molar-refractivity contribution in [2.24, 2.45) is 5.41 Å². The Morgan fingerprint density at radius 1 is 1.38 bits per heavy atom. The minimum Gasteiger partial charge on any atom is -0.496 e. The number of hydrogen-bond acceptors (Lipinski definition) is 3. The fourth-order valence-electron chi connectivity index (χ4n) is 1.84. The van der Waals surface area contributed by atoms with Crippen LogP contribution in [0.3, 0.4) is 0 Å². The summed E-state index contributed by atoms with van der Waals surface area (Å²) in [5, 5.41) is 12.2. The highest BCUT2D eigenvalue weighted by Gasteiger charge is 2.29. The van der Waals surface area contributed by atoms with E-state index in [0.29, 0.717) is 16.3 Å². The summed E-state index contributed by atoms with van der Waals surface area (Å²) in [4.78, 5) is 23.3. The first-order valence-electron chi connectivity index (χ1n) is 6.51. The lowest BCUT2D eigenvalue weighted by molar-refractivity contribution is -0.138. The highest BCUT2D eigenvalue weighted by Crippen LogP contribution is 2.26. The van der Waals surface area contributed by atoms with Gasteiger partial charge in [0.25, 0.3) is 5.91 Å². The third kappa shape index (κ3) is 4.93. The van der Waals surface area contributed by atoms with Crippen molar-refractivity contribution < 1.29 is 19.4 Å². The molecule has 2 N–H and O–H groups in total. The van der Waals surface area contributed by atoms with E-state index in [-0.39, 0.29) is 17.7 Å². The quantitative estimate of drug-likeness (QED) is 0.876. The van der Waals surface area contributed by atoms with Crippen molar-refractivity contribution >= 4 is 23.5 Å². The van der Waals surface area contributed by atoms with Crippen molar-refractivity contribution in [3.8, 4) is 5.75 Å². The molecule has 0 aliphatic heterocycles. The molecule has 0 aromatic heterocycles. The molecule has 1 atom stereocenters. The average molecular weight is 314 g/mol. The van der Waals surface area contributed by atoms with Gasteiger partial charge in [-0.15, -0.1) is 0 Å². The van der Waals surface area contributed by atoms with Crippen molar-refractivity contribution in [2.75, 3.05) is 7.11 Å². The molecule has 1 aromatic carbocycles. The zero-order chi connectivity index (χ0) is 16.2. The van der Waals surface area contributed by atoms with Crippen molar-refractivity contribution in [2.45, 2.75) is 33.2 Å². The molecule has 0 aliphatic rings. The van der Waals surface area contributed by atoms with E-state index < -0.39 is 12.0 Å². The van der Waals surface area contributed by atoms with Gasteiger partial charge in [0.15, 0.2) is 0 Å². The first-order chi connectivity index (χ1) is 9.65. The normalized spacial score (nSPS) is 12.6. The molecular weight excluding hydrogens is 294 g/mol. The molecule has 1 amide bonds. The Morgan fingerprint density at radius 2 is 2.00 bits per heavy atom. The number of methoxy groups -OCH3 is 1. The first-order valence-corrected chi connectivity index (χ1v) is 6.89. The molecule has 1 aromatic rings. The van der Waals surface area contributed by atoms with Gasteiger partial charge in [0.2, 0.25) is 0 Å². The van der Waals surface area contributed by atoms with Gasteiger partial charge < -0.3 is 15.2 Å². The van der Waals surface area contributed by atoms with Crippen molar-refractivity contribution in [3.63, 3.8) is 0 Å². The summed E-state index contributed by atoms with van der Waals surface area (Å²) in [5.41, 5.74) is -0.0604. The monoisotopic (exact) mass is 313 g/mol. The average Bonchev–Trinajstić information content (AvgIpc) is 2.35. The molecule has 6 heteroatoms. The molecule has 0 radical (unpaired) electrons. The van der Waals surface area contributed by atoms with Crippen LogP contribution in [0, 0.1) is 5.41 Å². The van der Waals surface area contributed by atoms with Gasteiger partial charge in [-0.3, -0.25) is 9.59 Å². The van der Waals surface area contributed by atoms with Gasteiger partial charge in [-0.05, 0) is 23.6 Å². The molecule has 21 heavy (non-hydrogen) atoms. The number of nitrogens with one attached hydrogen (secondary N) is 1. The predicted octanol–water partition coefficient (Wildman–Crippen LogP) is 2.97. The third-order valence-electron chi connectivity index (χ3n) is 3.14. The summed E-state index contributed by atoms with van der Waals surface area (Å²) in [5.74, 6) is -0.994. The van der Waals surface area contributed by atoms with Crippen LogP contribution in [0.5, 0.6) is 5.75 Å². The molecular formula is C15H20ClNO4. The molecule has 5 nitrogen and oxygen atoms in total. The Balaban J connectivity index is 2.99. The zero-order valence-electron chi connectivity index (χ0n) is 12.6. The van der Waals surface area contributed by atoms with E-state index in [1.165, 1.54) is 7.11 Å². The van der Waals surface area contributed by atoms with Crippen LogP contribution < -0.4 is 10.1 Å². The van der Waals surface area contributed by atoms with Crippen LogP contribution in [0.4, 0.5) is 0 Å². The van der Waals surface area contributed by atoms with E-state index in [1.807, 2.05) is 20.8 Å². The highest BCUT2D eigenvalue weighted by molar-refractivity contribution is 6.30. The summed E-state index contributed by atoms with van der Waals surface area (Å²) in [6.45, 7) is 5.62. The highest BCUT2D eigenvalue weighted by atomic mass is 35.5. The fraction of sp³-hybridized carbons (Fsp3) is 0.467. The van der Waals surface area contributed by atoms with E-state index in [4.69, 9.17) is 21.4 Å². The first kappa shape index (κ1) is 17.3. The molecule has 0 aliphatic carbocycles. The maximum atomic E-state index is 12.3. The number of rotatable bonds is 5. The lowest BCUT2D eigenvalue weighted by atomic mass is 9.84. The topological polar surface area (TPSA) is 75.6 Å². The molecule has 0 heterocycles. The lowest BCUT2D eigenvalue weighted by Crippen LogP contribution is -2.45. The Labute approximate surface area is 129 Å². The Hall–Kier alpha value is -1.75. The van der Waals surface area contributed by atoms with E-state index in [1.54, 1.807) is 18.2 Å². The smallest absolute Gasteiger partial charge is 0.305 e. The van der Waals surface area contributed by atoms with Crippen molar-refractivity contribution in [3.05, 3.63) is 28.8 Å². The van der Waals surface area contributed by atoms with Gasteiger partial charge >= 0.3 is 5.97 Å². The third-order valence-corrected chi connectivity index (χ3v) is 3.37. The molecule has 1 rings (SSSR count). The fourth-order valence-corrected chi connectivity index (χ4v) is 2.00. The molecule has 116 valence electrons. The SMILES string of the molecule is COc1cc(Cl)ccc1C(=O)NC(CC(=O)O)C(C)(C)C. The second-order valence-electron chi connectivity index (χ2n) is 5.83. The molecule has 1 unspecified atom stereocenters. The van der Waals surface area contributed by atoms with Crippen LogP contribution in [0.15, 0.2) is 18.2 Å². The number of hydrogen-bond donors (Lipinski definition) is 2. The minimum absolute atomic E-state index is 0.148. The summed E-state index contributed by atoms with van der Waals surface area (Å²) >= 11 is 5.86. The van der Waals surface area contributed by atoms with Crippen molar-refractivity contribution in [1.82, 2.24) is 5.32 Å².